The molecule has 7 nitrogen and oxygen atoms in total. The average Bonchev–Trinajstić information content (AvgIpc) is 3.15. The van der Waals surface area contributed by atoms with Crippen molar-refractivity contribution in [2.24, 2.45) is 0 Å². The summed E-state index contributed by atoms with van der Waals surface area (Å²) in [5, 5.41) is 15.2. The molecule has 0 aliphatic heterocycles. The monoisotopic (exact) mass is 455 g/mol. The number of carbonyl (C=O) groups excluding carboxylic acids is 2. The van der Waals surface area contributed by atoms with Crippen molar-refractivity contribution in [1.29, 1.82) is 0 Å². The Kier molecular flexibility index (Phi) is 7.86. The fourth-order valence-electron chi connectivity index (χ4n) is 2.80. The quantitative estimate of drug-likeness (QED) is 0.375. The van der Waals surface area contributed by atoms with E-state index >= 15 is 0 Å². The number of hydrogen-bond donors (Lipinski definition) is 2. The molecule has 0 fully saturated rings. The highest BCUT2D eigenvalue weighted by Crippen LogP contribution is 2.21. The van der Waals surface area contributed by atoms with Gasteiger partial charge in [0.25, 0.3) is 5.91 Å². The largest absolute Gasteiger partial charge is 0.345 e. The van der Waals surface area contributed by atoms with Gasteiger partial charge in [-0.1, -0.05) is 47.6 Å². The molecule has 0 atom stereocenters. The van der Waals surface area contributed by atoms with Crippen molar-refractivity contribution in [1.82, 2.24) is 20.1 Å². The lowest BCUT2D eigenvalue weighted by Gasteiger charge is -2.10. The van der Waals surface area contributed by atoms with Crippen LogP contribution in [0.3, 0.4) is 0 Å². The molecule has 2 N–H and O–H groups in total. The number of nitrogens with one attached hydrogen (secondary N) is 2. The van der Waals surface area contributed by atoms with E-state index in [1.165, 1.54) is 11.8 Å². The van der Waals surface area contributed by atoms with Crippen LogP contribution in [0.1, 0.15) is 21.7 Å². The van der Waals surface area contributed by atoms with Crippen LogP contribution in [-0.2, 0) is 17.9 Å². The van der Waals surface area contributed by atoms with Gasteiger partial charge >= 0.3 is 0 Å². The molecule has 3 aromatic rings. The highest BCUT2D eigenvalue weighted by Gasteiger charge is 2.15. The van der Waals surface area contributed by atoms with Crippen LogP contribution in [0.25, 0.3) is 0 Å². The van der Waals surface area contributed by atoms with Crippen LogP contribution in [0, 0.1) is 6.92 Å². The molecule has 9 heteroatoms. The number of allylic oxidation sites excluding steroid dienone is 1. The molecule has 0 spiro atoms. The number of amides is 2. The van der Waals surface area contributed by atoms with Gasteiger partial charge in [0.2, 0.25) is 5.91 Å². The highest BCUT2D eigenvalue weighted by atomic mass is 35.5. The van der Waals surface area contributed by atoms with E-state index in [2.05, 4.69) is 27.4 Å². The molecular weight excluding hydrogens is 434 g/mol. The Hall–Kier alpha value is -3.10. The smallest absolute Gasteiger partial charge is 0.251 e. The number of rotatable bonds is 9. The normalized spacial score (nSPS) is 10.5. The summed E-state index contributed by atoms with van der Waals surface area (Å²) >= 11 is 7.22. The molecule has 0 saturated heterocycles. The fraction of sp³-hybridized carbons (Fsp3) is 0.182. The van der Waals surface area contributed by atoms with Crippen LogP contribution in [0.5, 0.6) is 0 Å². The lowest BCUT2D eigenvalue weighted by atomic mass is 10.2. The lowest BCUT2D eigenvalue weighted by molar-refractivity contribution is -0.113. The van der Waals surface area contributed by atoms with Crippen LogP contribution >= 0.6 is 23.4 Å². The molecule has 0 radical (unpaired) electrons. The molecule has 0 aliphatic carbocycles. The number of thioether (sulfide) groups is 1. The Balaban J connectivity index is 1.61. The number of hydrogen-bond acceptors (Lipinski definition) is 5. The molecule has 1 aromatic heterocycles. The van der Waals surface area contributed by atoms with Gasteiger partial charge in [-0.2, -0.15) is 0 Å². The first-order valence-electron chi connectivity index (χ1n) is 9.53. The van der Waals surface area contributed by atoms with Crippen LogP contribution in [-0.4, -0.2) is 32.3 Å². The Morgan fingerprint density at radius 2 is 1.97 bits per heavy atom. The number of aromatic nitrogens is 3. The van der Waals surface area contributed by atoms with E-state index in [4.69, 9.17) is 11.6 Å². The van der Waals surface area contributed by atoms with Gasteiger partial charge < -0.3 is 15.2 Å². The number of halogens is 1. The molecule has 0 saturated carbocycles. The van der Waals surface area contributed by atoms with Crippen LogP contribution in [0.15, 0.2) is 66.3 Å². The predicted octanol–water partition coefficient (Wildman–Crippen LogP) is 4.09. The van der Waals surface area contributed by atoms with Gasteiger partial charge in [0.15, 0.2) is 11.0 Å². The second-order valence-corrected chi connectivity index (χ2v) is 8.02. The van der Waals surface area contributed by atoms with Gasteiger partial charge in [-0.25, -0.2) is 0 Å². The summed E-state index contributed by atoms with van der Waals surface area (Å²) < 4.78 is 1.82. The van der Waals surface area contributed by atoms with Crippen molar-refractivity contribution in [3.63, 3.8) is 0 Å². The van der Waals surface area contributed by atoms with E-state index in [-0.39, 0.29) is 24.1 Å². The Labute approximate surface area is 189 Å². The lowest BCUT2D eigenvalue weighted by Crippen LogP contribution is -2.24. The topological polar surface area (TPSA) is 88.9 Å². The maximum absolute atomic E-state index is 12.4. The zero-order valence-electron chi connectivity index (χ0n) is 17.0. The van der Waals surface area contributed by atoms with E-state index < -0.39 is 0 Å². The second kappa shape index (κ2) is 10.8. The van der Waals surface area contributed by atoms with Crippen molar-refractivity contribution in [3.8, 4) is 0 Å². The molecule has 3 rings (SSSR count). The summed E-state index contributed by atoms with van der Waals surface area (Å²) in [6.45, 7) is 6.32. The van der Waals surface area contributed by atoms with E-state index in [1.807, 2.05) is 17.6 Å². The number of anilines is 1. The van der Waals surface area contributed by atoms with Crippen molar-refractivity contribution >= 4 is 40.9 Å². The van der Waals surface area contributed by atoms with Crippen molar-refractivity contribution in [2.45, 2.75) is 25.2 Å². The molecule has 0 unspecified atom stereocenters. The number of benzene rings is 2. The van der Waals surface area contributed by atoms with E-state index in [9.17, 15) is 9.59 Å². The zero-order valence-corrected chi connectivity index (χ0v) is 18.5. The third-order valence-electron chi connectivity index (χ3n) is 4.34. The first-order chi connectivity index (χ1) is 15.0. The first kappa shape index (κ1) is 22.6. The Morgan fingerprint density at radius 3 is 2.68 bits per heavy atom. The SMILES string of the molecule is C=CCn1c(CNC(=O)c2ccccc2)nnc1SCC(=O)Nc1ccc(Cl)cc1C. The second-order valence-electron chi connectivity index (χ2n) is 6.64. The number of carbonyl (C=O) groups is 2. The van der Waals surface area contributed by atoms with Gasteiger partial charge in [-0.15, -0.1) is 16.8 Å². The molecule has 2 aromatic carbocycles. The molecule has 0 bridgehead atoms. The standard InChI is InChI=1S/C22H22ClN5O2S/c1-3-11-28-19(13-24-21(30)16-7-5-4-6-8-16)26-27-22(28)31-14-20(29)25-18-10-9-17(23)12-15(18)2/h3-10,12H,1,11,13-14H2,2H3,(H,24,30)(H,25,29). The van der Waals surface area contributed by atoms with Gasteiger partial charge in [-0.3, -0.25) is 9.59 Å². The number of nitrogens with zero attached hydrogens (tertiary/aromatic N) is 3. The summed E-state index contributed by atoms with van der Waals surface area (Å²) in [5.74, 6) is 0.386. The average molecular weight is 456 g/mol. The van der Waals surface area contributed by atoms with E-state index in [1.54, 1.807) is 48.5 Å². The zero-order chi connectivity index (χ0) is 22.2. The van der Waals surface area contributed by atoms with Crippen LogP contribution in [0.4, 0.5) is 5.69 Å². The molecule has 2 amide bonds. The van der Waals surface area contributed by atoms with Gasteiger partial charge in [0, 0.05) is 22.8 Å². The summed E-state index contributed by atoms with van der Waals surface area (Å²) in [6.07, 6.45) is 1.72. The van der Waals surface area contributed by atoms with E-state index in [0.717, 1.165) is 5.56 Å². The highest BCUT2D eigenvalue weighted by molar-refractivity contribution is 7.99. The van der Waals surface area contributed by atoms with E-state index in [0.29, 0.717) is 33.8 Å². The summed E-state index contributed by atoms with van der Waals surface area (Å²) in [5.41, 5.74) is 2.17. The minimum atomic E-state index is -0.194. The fourth-order valence-corrected chi connectivity index (χ4v) is 3.80. The van der Waals surface area contributed by atoms with Gasteiger partial charge in [-0.05, 0) is 42.8 Å². The van der Waals surface area contributed by atoms with Crippen LogP contribution in [0.2, 0.25) is 5.02 Å². The first-order valence-corrected chi connectivity index (χ1v) is 10.9. The number of aryl methyl sites for hydroxylation is 1. The van der Waals surface area contributed by atoms with Crippen LogP contribution < -0.4 is 10.6 Å². The Morgan fingerprint density at radius 1 is 1.19 bits per heavy atom. The third-order valence-corrected chi connectivity index (χ3v) is 5.54. The molecule has 31 heavy (non-hydrogen) atoms. The van der Waals surface area contributed by atoms with Gasteiger partial charge in [0.1, 0.15) is 0 Å². The van der Waals surface area contributed by atoms with Crippen molar-refractivity contribution in [2.75, 3.05) is 11.1 Å². The molecular formula is C22H22ClN5O2S. The molecule has 160 valence electrons. The maximum Gasteiger partial charge on any atom is 0.251 e. The van der Waals surface area contributed by atoms with Crippen molar-refractivity contribution in [3.05, 3.63) is 83.2 Å². The summed E-state index contributed by atoms with van der Waals surface area (Å²) in [7, 11) is 0. The predicted molar refractivity (Wildman–Crippen MR) is 123 cm³/mol. The minimum absolute atomic E-state index is 0.160. The Bertz CT molecular complexity index is 1080. The maximum atomic E-state index is 12.4. The molecule has 1 heterocycles. The summed E-state index contributed by atoms with van der Waals surface area (Å²) in [6, 6.07) is 14.2. The third kappa shape index (κ3) is 6.19. The summed E-state index contributed by atoms with van der Waals surface area (Å²) in [4.78, 5) is 24.6. The molecule has 0 aliphatic rings. The van der Waals surface area contributed by atoms with Gasteiger partial charge in [0.05, 0.1) is 12.3 Å². The minimum Gasteiger partial charge on any atom is -0.345 e. The van der Waals surface area contributed by atoms with Crippen molar-refractivity contribution < 1.29 is 9.59 Å².